The van der Waals surface area contributed by atoms with E-state index in [1.54, 1.807) is 18.3 Å². The summed E-state index contributed by atoms with van der Waals surface area (Å²) in [5.74, 6) is -0.388. The molecule has 0 saturated heterocycles. The van der Waals surface area contributed by atoms with Gasteiger partial charge in [-0.3, -0.25) is 9.78 Å². The van der Waals surface area contributed by atoms with Crippen molar-refractivity contribution in [3.63, 3.8) is 0 Å². The molecule has 1 aromatic heterocycles. The van der Waals surface area contributed by atoms with E-state index >= 15 is 0 Å². The van der Waals surface area contributed by atoms with Crippen molar-refractivity contribution in [1.29, 1.82) is 0 Å². The maximum atomic E-state index is 10.6. The van der Waals surface area contributed by atoms with E-state index in [4.69, 9.17) is 5.11 Å². The molecule has 0 bridgehead atoms. The van der Waals surface area contributed by atoms with Crippen LogP contribution in [0.4, 0.5) is 0 Å². The van der Waals surface area contributed by atoms with Crippen molar-refractivity contribution < 1.29 is 9.90 Å². The molecule has 0 spiro atoms. The van der Waals surface area contributed by atoms with E-state index in [0.29, 0.717) is 6.54 Å². The van der Waals surface area contributed by atoms with E-state index in [2.05, 4.69) is 10.3 Å². The van der Waals surface area contributed by atoms with Crippen molar-refractivity contribution in [3.05, 3.63) is 30.1 Å². The number of amides is 1. The molecule has 1 amide bonds. The van der Waals surface area contributed by atoms with Crippen LogP contribution in [0.3, 0.4) is 0 Å². The first-order valence-corrected chi connectivity index (χ1v) is 3.60. The van der Waals surface area contributed by atoms with E-state index in [1.165, 1.54) is 0 Å². The van der Waals surface area contributed by atoms with Crippen molar-refractivity contribution in [2.75, 3.05) is 6.61 Å². The number of hydrogen-bond acceptors (Lipinski definition) is 3. The van der Waals surface area contributed by atoms with Gasteiger partial charge in [0.2, 0.25) is 5.91 Å². The fourth-order valence-corrected chi connectivity index (χ4v) is 0.748. The zero-order chi connectivity index (χ0) is 8.81. The minimum atomic E-state index is -0.479. The lowest BCUT2D eigenvalue weighted by Crippen LogP contribution is -2.25. The van der Waals surface area contributed by atoms with Crippen molar-refractivity contribution in [3.8, 4) is 0 Å². The van der Waals surface area contributed by atoms with Crippen molar-refractivity contribution >= 4 is 5.91 Å². The van der Waals surface area contributed by atoms with E-state index in [0.717, 1.165) is 5.69 Å². The number of nitrogens with zero attached hydrogens (tertiary/aromatic N) is 1. The molecule has 2 N–H and O–H groups in total. The Morgan fingerprint density at radius 3 is 3.00 bits per heavy atom. The van der Waals surface area contributed by atoms with E-state index in [-0.39, 0.29) is 5.91 Å². The summed E-state index contributed by atoms with van der Waals surface area (Å²) in [6.07, 6.45) is 1.65. The second kappa shape index (κ2) is 4.46. The Kier molecular flexibility index (Phi) is 3.22. The first kappa shape index (κ1) is 8.67. The largest absolute Gasteiger partial charge is 0.387 e. The van der Waals surface area contributed by atoms with Gasteiger partial charge in [-0.1, -0.05) is 6.07 Å². The van der Waals surface area contributed by atoms with Crippen LogP contribution in [0.5, 0.6) is 0 Å². The van der Waals surface area contributed by atoms with Gasteiger partial charge < -0.3 is 10.4 Å². The first-order valence-electron chi connectivity index (χ1n) is 3.60. The predicted molar refractivity (Wildman–Crippen MR) is 43.2 cm³/mol. The van der Waals surface area contributed by atoms with Crippen LogP contribution in [0.25, 0.3) is 0 Å². The van der Waals surface area contributed by atoms with Crippen LogP contribution < -0.4 is 5.32 Å². The van der Waals surface area contributed by atoms with Gasteiger partial charge in [-0.05, 0) is 12.1 Å². The molecule has 0 aromatic carbocycles. The minimum Gasteiger partial charge on any atom is -0.387 e. The Balaban J connectivity index is 2.38. The van der Waals surface area contributed by atoms with E-state index in [1.807, 2.05) is 6.07 Å². The third-order valence-electron chi connectivity index (χ3n) is 1.34. The summed E-state index contributed by atoms with van der Waals surface area (Å²) >= 11 is 0. The molecule has 1 rings (SSSR count). The molecule has 4 nitrogen and oxygen atoms in total. The highest BCUT2D eigenvalue weighted by molar-refractivity contribution is 5.76. The van der Waals surface area contributed by atoms with E-state index < -0.39 is 6.61 Å². The summed E-state index contributed by atoms with van der Waals surface area (Å²) in [5.41, 5.74) is 0.777. The van der Waals surface area contributed by atoms with Gasteiger partial charge in [0.05, 0.1) is 12.2 Å². The molecule has 0 radical (unpaired) electrons. The van der Waals surface area contributed by atoms with Gasteiger partial charge in [-0.25, -0.2) is 0 Å². The predicted octanol–water partition coefficient (Wildman–Crippen LogP) is -0.310. The van der Waals surface area contributed by atoms with Crippen LogP contribution >= 0.6 is 0 Å². The van der Waals surface area contributed by atoms with Crippen LogP contribution in [-0.2, 0) is 11.3 Å². The summed E-state index contributed by atoms with van der Waals surface area (Å²) in [6, 6.07) is 5.45. The third kappa shape index (κ3) is 2.67. The average molecular weight is 166 g/mol. The van der Waals surface area contributed by atoms with Crippen LogP contribution in [0, 0.1) is 0 Å². The molecule has 0 atom stereocenters. The highest BCUT2D eigenvalue weighted by Crippen LogP contribution is 1.91. The average Bonchev–Trinajstić information content (AvgIpc) is 2.16. The van der Waals surface area contributed by atoms with Gasteiger partial charge in [0, 0.05) is 6.20 Å². The number of aromatic nitrogens is 1. The monoisotopic (exact) mass is 166 g/mol. The molecule has 0 fully saturated rings. The lowest BCUT2D eigenvalue weighted by Gasteiger charge is -2.00. The minimum absolute atomic E-state index is 0.361. The lowest BCUT2D eigenvalue weighted by molar-refractivity contribution is -0.123. The van der Waals surface area contributed by atoms with Gasteiger partial charge >= 0.3 is 0 Å². The second-order valence-electron chi connectivity index (χ2n) is 2.26. The van der Waals surface area contributed by atoms with Crippen LogP contribution in [0.2, 0.25) is 0 Å². The Morgan fingerprint density at radius 2 is 2.42 bits per heavy atom. The maximum absolute atomic E-state index is 10.6. The molecule has 0 unspecified atom stereocenters. The number of pyridine rings is 1. The van der Waals surface area contributed by atoms with Gasteiger partial charge in [-0.2, -0.15) is 0 Å². The number of aliphatic hydroxyl groups is 1. The number of carbonyl (C=O) groups excluding carboxylic acids is 1. The highest BCUT2D eigenvalue weighted by atomic mass is 16.3. The van der Waals surface area contributed by atoms with Crippen LogP contribution in [0.15, 0.2) is 24.4 Å². The van der Waals surface area contributed by atoms with Crippen molar-refractivity contribution in [2.45, 2.75) is 6.54 Å². The number of nitrogens with one attached hydrogen (secondary N) is 1. The normalized spacial score (nSPS) is 9.42. The molecule has 64 valence electrons. The van der Waals surface area contributed by atoms with Crippen molar-refractivity contribution in [2.24, 2.45) is 0 Å². The molecule has 12 heavy (non-hydrogen) atoms. The number of rotatable bonds is 3. The molecule has 1 aromatic rings. The summed E-state index contributed by atoms with van der Waals surface area (Å²) < 4.78 is 0. The quantitative estimate of drug-likeness (QED) is 0.647. The Morgan fingerprint density at radius 1 is 1.58 bits per heavy atom. The fourth-order valence-electron chi connectivity index (χ4n) is 0.748. The Bertz CT molecular complexity index is 248. The zero-order valence-electron chi connectivity index (χ0n) is 6.53. The molecule has 0 aliphatic heterocycles. The summed E-state index contributed by atoms with van der Waals surface area (Å²) in [7, 11) is 0. The SMILES string of the molecule is O=C(CO)NCc1ccccn1. The smallest absolute Gasteiger partial charge is 0.246 e. The Hall–Kier alpha value is -1.42. The summed E-state index contributed by atoms with van der Waals surface area (Å²) in [4.78, 5) is 14.6. The van der Waals surface area contributed by atoms with E-state index in [9.17, 15) is 4.79 Å². The van der Waals surface area contributed by atoms with Crippen LogP contribution in [0.1, 0.15) is 5.69 Å². The summed E-state index contributed by atoms with van der Waals surface area (Å²) in [6.45, 7) is -0.118. The van der Waals surface area contributed by atoms with Crippen molar-refractivity contribution in [1.82, 2.24) is 10.3 Å². The Labute approximate surface area is 70.3 Å². The number of aliphatic hydroxyl groups excluding tert-OH is 1. The summed E-state index contributed by atoms with van der Waals surface area (Å²) in [5, 5.41) is 10.9. The molecule has 0 aliphatic carbocycles. The molecular weight excluding hydrogens is 156 g/mol. The fraction of sp³-hybridized carbons (Fsp3) is 0.250. The van der Waals surface area contributed by atoms with Gasteiger partial charge in [0.25, 0.3) is 0 Å². The second-order valence-corrected chi connectivity index (χ2v) is 2.26. The van der Waals surface area contributed by atoms with Crippen LogP contribution in [-0.4, -0.2) is 22.6 Å². The van der Waals surface area contributed by atoms with Gasteiger partial charge in [0.15, 0.2) is 0 Å². The lowest BCUT2D eigenvalue weighted by atomic mass is 10.3. The number of carbonyl (C=O) groups is 1. The van der Waals surface area contributed by atoms with Gasteiger partial charge in [0.1, 0.15) is 6.61 Å². The zero-order valence-corrected chi connectivity index (χ0v) is 6.53. The molecule has 4 heteroatoms. The topological polar surface area (TPSA) is 62.2 Å². The molecule has 1 heterocycles. The first-order chi connectivity index (χ1) is 5.83. The maximum Gasteiger partial charge on any atom is 0.246 e. The number of hydrogen-bond donors (Lipinski definition) is 2. The molecule has 0 saturated carbocycles. The standard InChI is InChI=1S/C8H10N2O2/c11-6-8(12)10-5-7-3-1-2-4-9-7/h1-4,11H,5-6H2,(H,10,12). The molecule has 0 aliphatic rings. The highest BCUT2D eigenvalue weighted by Gasteiger charge is 1.97. The van der Waals surface area contributed by atoms with Gasteiger partial charge in [-0.15, -0.1) is 0 Å². The molecular formula is C8H10N2O2. The third-order valence-corrected chi connectivity index (χ3v) is 1.34.